The molecule has 0 saturated carbocycles. The Morgan fingerprint density at radius 3 is 1.52 bits per heavy atom. The van der Waals surface area contributed by atoms with Gasteiger partial charge in [-0.05, 0) is 77.0 Å². The van der Waals surface area contributed by atoms with Crippen LogP contribution in [0.15, 0.2) is 109 Å². The molecule has 1 N–H and O–H groups in total. The Hall–Kier alpha value is -4.01. The van der Waals surface area contributed by atoms with Crippen molar-refractivity contribution < 1.29 is 38.2 Å². The number of nitrogens with zero attached hydrogens (tertiary/aromatic N) is 1. The van der Waals surface area contributed by atoms with E-state index in [-0.39, 0.29) is 36.2 Å². The average Bonchev–Trinajstić information content (AvgIpc) is 3.21. The van der Waals surface area contributed by atoms with Crippen molar-refractivity contribution in [1.82, 2.24) is 0 Å². The first-order valence-electron chi connectivity index (χ1n) is 23.0. The lowest BCUT2D eigenvalue weighted by molar-refractivity contribution is -0.887. The van der Waals surface area contributed by atoms with Gasteiger partial charge >= 0.3 is 17.9 Å². The topological polar surface area (TPSA) is 99.1 Å². The Bertz CT molecular complexity index is 1340. The molecule has 0 aromatic rings. The lowest BCUT2D eigenvalue weighted by Crippen LogP contribution is -2.50. The summed E-state index contributed by atoms with van der Waals surface area (Å²) >= 11 is 0. The maximum absolute atomic E-state index is 12.8. The standard InChI is InChI=1S/C52H83NO7/c1-6-8-10-12-14-16-18-20-21-22-23-24-25-26-27-28-29-31-33-35-37-39-41-43-51(55)60-48(46-58-45-44-49(52(56)57)53(3,4)5)47-59-50(54)42-40-38-36-34-32-30-19-17-15-13-11-9-7-2/h8-11,13-17,19-21,23-24,26-27,30,32,48-49H,6-7,12,18,22,25,28-29,31,33-47H2,1-5H3/p+1/b10-8+,11-9+,15-13+,16-14+,19-17+,21-20+,24-23+,27-26+,32-30+. The Labute approximate surface area is 366 Å². The number of carbonyl (C=O) groups excluding carboxylic acids is 2. The van der Waals surface area contributed by atoms with Gasteiger partial charge in [0, 0.05) is 19.3 Å². The van der Waals surface area contributed by atoms with Crippen LogP contribution < -0.4 is 0 Å². The maximum Gasteiger partial charge on any atom is 0.362 e. The molecule has 0 spiro atoms. The molecule has 0 aliphatic carbocycles. The van der Waals surface area contributed by atoms with Crippen LogP contribution in [0.2, 0.25) is 0 Å². The van der Waals surface area contributed by atoms with Crippen molar-refractivity contribution in [1.29, 1.82) is 0 Å². The zero-order chi connectivity index (χ0) is 44.2. The fourth-order valence-electron chi connectivity index (χ4n) is 6.01. The van der Waals surface area contributed by atoms with Gasteiger partial charge in [-0.3, -0.25) is 9.59 Å². The van der Waals surface area contributed by atoms with E-state index in [1.165, 1.54) is 19.3 Å². The minimum absolute atomic E-state index is 0.0359. The summed E-state index contributed by atoms with van der Waals surface area (Å²) in [6.07, 6.45) is 57.1. The number of carboxylic acids is 1. The van der Waals surface area contributed by atoms with Gasteiger partial charge in [-0.25, -0.2) is 4.79 Å². The first-order valence-corrected chi connectivity index (χ1v) is 23.0. The number of carboxylic acid groups (broad SMARTS) is 1. The molecule has 60 heavy (non-hydrogen) atoms. The van der Waals surface area contributed by atoms with Crippen LogP contribution in [0.3, 0.4) is 0 Å². The smallest absolute Gasteiger partial charge is 0.362 e. The van der Waals surface area contributed by atoms with E-state index in [0.29, 0.717) is 19.3 Å². The predicted octanol–water partition coefficient (Wildman–Crippen LogP) is 12.9. The average molecular weight is 835 g/mol. The molecule has 0 aliphatic heterocycles. The normalized spacial score (nSPS) is 13.9. The van der Waals surface area contributed by atoms with E-state index in [2.05, 4.69) is 86.8 Å². The van der Waals surface area contributed by atoms with Crippen LogP contribution in [0.25, 0.3) is 0 Å². The fourth-order valence-corrected chi connectivity index (χ4v) is 6.01. The van der Waals surface area contributed by atoms with E-state index in [9.17, 15) is 19.5 Å². The molecule has 2 atom stereocenters. The van der Waals surface area contributed by atoms with Crippen molar-refractivity contribution in [2.45, 2.75) is 161 Å². The number of quaternary nitrogens is 1. The fraction of sp³-hybridized carbons (Fsp3) is 0.596. The van der Waals surface area contributed by atoms with Crippen molar-refractivity contribution in [3.63, 3.8) is 0 Å². The maximum atomic E-state index is 12.8. The summed E-state index contributed by atoms with van der Waals surface area (Å²) < 4.78 is 17.2. The van der Waals surface area contributed by atoms with Gasteiger partial charge in [0.15, 0.2) is 12.1 Å². The van der Waals surface area contributed by atoms with Gasteiger partial charge in [-0.1, -0.05) is 162 Å². The number of carbonyl (C=O) groups is 3. The summed E-state index contributed by atoms with van der Waals surface area (Å²) in [5, 5.41) is 9.63. The van der Waals surface area contributed by atoms with E-state index < -0.39 is 18.1 Å². The largest absolute Gasteiger partial charge is 0.477 e. The van der Waals surface area contributed by atoms with Gasteiger partial charge in [0.1, 0.15) is 6.61 Å². The zero-order valence-electron chi connectivity index (χ0n) is 38.4. The molecule has 0 aliphatic rings. The number of hydrogen-bond donors (Lipinski definition) is 1. The number of unbranched alkanes of at least 4 members (excludes halogenated alkanes) is 10. The first kappa shape index (κ1) is 56.0. The molecular formula is C52H84NO7+. The van der Waals surface area contributed by atoms with Gasteiger partial charge < -0.3 is 23.8 Å². The highest BCUT2D eigenvalue weighted by molar-refractivity contribution is 5.72. The Kier molecular flexibility index (Phi) is 38.9. The Balaban J connectivity index is 4.37. The first-order chi connectivity index (χ1) is 29.1. The van der Waals surface area contributed by atoms with Gasteiger partial charge in [0.05, 0.1) is 34.4 Å². The number of rotatable bonds is 39. The minimum atomic E-state index is -0.888. The van der Waals surface area contributed by atoms with Crippen molar-refractivity contribution >= 4 is 17.9 Å². The third-order valence-corrected chi connectivity index (χ3v) is 9.51. The van der Waals surface area contributed by atoms with Gasteiger partial charge in [-0.2, -0.15) is 0 Å². The number of aliphatic carboxylic acids is 1. The summed E-state index contributed by atoms with van der Waals surface area (Å²) in [4.78, 5) is 37.0. The van der Waals surface area contributed by atoms with Crippen LogP contribution in [0, 0.1) is 0 Å². The lowest BCUT2D eigenvalue weighted by Gasteiger charge is -2.31. The Morgan fingerprint density at radius 2 is 0.967 bits per heavy atom. The second-order valence-electron chi connectivity index (χ2n) is 16.0. The second kappa shape index (κ2) is 41.7. The Morgan fingerprint density at radius 1 is 0.517 bits per heavy atom. The van der Waals surface area contributed by atoms with Crippen LogP contribution in [-0.4, -0.2) is 80.6 Å². The third-order valence-electron chi connectivity index (χ3n) is 9.51. The monoisotopic (exact) mass is 835 g/mol. The van der Waals surface area contributed by atoms with E-state index in [0.717, 1.165) is 96.3 Å². The predicted molar refractivity (Wildman–Crippen MR) is 252 cm³/mol. The highest BCUT2D eigenvalue weighted by Gasteiger charge is 2.31. The molecule has 0 rings (SSSR count). The SMILES string of the molecule is CC/C=C/C=C/C=C/C=C/CCCCCC(=O)OCC(COCCC(C(=O)O)[N+](C)(C)C)OC(=O)CCCCCCCCC/C=C/C/C=C/C/C=C/C/C=C/C/C=C/CC. The molecule has 0 saturated heterocycles. The van der Waals surface area contributed by atoms with Crippen molar-refractivity contribution in [2.75, 3.05) is 41.0 Å². The molecule has 0 bridgehead atoms. The number of hydrogen-bond acceptors (Lipinski definition) is 6. The summed E-state index contributed by atoms with van der Waals surface area (Å²) in [7, 11) is 5.50. The molecule has 2 unspecified atom stereocenters. The van der Waals surface area contributed by atoms with Crippen LogP contribution >= 0.6 is 0 Å². The molecule has 8 nitrogen and oxygen atoms in total. The number of allylic oxidation sites excluding steroid dienone is 18. The minimum Gasteiger partial charge on any atom is -0.477 e. The van der Waals surface area contributed by atoms with Crippen molar-refractivity contribution in [3.8, 4) is 0 Å². The van der Waals surface area contributed by atoms with Gasteiger partial charge in [-0.15, -0.1) is 0 Å². The van der Waals surface area contributed by atoms with Crippen LogP contribution in [0.4, 0.5) is 0 Å². The summed E-state index contributed by atoms with van der Waals surface area (Å²) in [5.41, 5.74) is 0. The summed E-state index contributed by atoms with van der Waals surface area (Å²) in [6, 6.07) is -0.630. The van der Waals surface area contributed by atoms with Crippen LogP contribution in [-0.2, 0) is 28.6 Å². The molecule has 0 heterocycles. The third kappa shape index (κ3) is 39.5. The van der Waals surface area contributed by atoms with E-state index in [1.807, 2.05) is 57.6 Å². The molecule has 0 fully saturated rings. The molecule has 338 valence electrons. The zero-order valence-corrected chi connectivity index (χ0v) is 38.4. The van der Waals surface area contributed by atoms with Gasteiger partial charge in [0.25, 0.3) is 0 Å². The molecule has 0 aromatic carbocycles. The number of ether oxygens (including phenoxy) is 3. The van der Waals surface area contributed by atoms with Gasteiger partial charge in [0.2, 0.25) is 0 Å². The highest BCUT2D eigenvalue weighted by atomic mass is 16.6. The van der Waals surface area contributed by atoms with E-state index >= 15 is 0 Å². The number of esters is 2. The highest BCUT2D eigenvalue weighted by Crippen LogP contribution is 2.13. The number of likely N-dealkylation sites (N-methyl/N-ethyl adjacent to an activating group) is 1. The quantitative estimate of drug-likeness (QED) is 0.0216. The van der Waals surface area contributed by atoms with Crippen LogP contribution in [0.1, 0.15) is 149 Å². The second-order valence-corrected chi connectivity index (χ2v) is 16.0. The molecule has 0 radical (unpaired) electrons. The molecule has 0 aromatic heterocycles. The molecule has 8 heteroatoms. The summed E-state index contributed by atoms with van der Waals surface area (Å²) in [6.45, 7) is 4.40. The molecular weight excluding hydrogens is 751 g/mol. The van der Waals surface area contributed by atoms with E-state index in [4.69, 9.17) is 14.2 Å². The van der Waals surface area contributed by atoms with E-state index in [1.54, 1.807) is 0 Å². The van der Waals surface area contributed by atoms with Crippen molar-refractivity contribution in [3.05, 3.63) is 109 Å². The molecule has 0 amide bonds. The lowest BCUT2D eigenvalue weighted by atomic mass is 10.1. The summed E-state index contributed by atoms with van der Waals surface area (Å²) in [5.74, 6) is -1.55. The van der Waals surface area contributed by atoms with Crippen LogP contribution in [0.5, 0.6) is 0 Å². The van der Waals surface area contributed by atoms with Crippen molar-refractivity contribution in [2.24, 2.45) is 0 Å².